The third-order valence-corrected chi connectivity index (χ3v) is 5.80. The van der Waals surface area contributed by atoms with Gasteiger partial charge in [0.1, 0.15) is 8.96 Å². The van der Waals surface area contributed by atoms with Crippen LogP contribution in [0.3, 0.4) is 0 Å². The van der Waals surface area contributed by atoms with Gasteiger partial charge in [-0.25, -0.2) is 0 Å². The molecule has 0 fully saturated rings. The third kappa shape index (κ3) is 1.41. The van der Waals surface area contributed by atoms with Gasteiger partial charge in [0.15, 0.2) is 0 Å². The van der Waals surface area contributed by atoms with E-state index in [4.69, 9.17) is 0 Å². The van der Waals surface area contributed by atoms with Crippen LogP contribution in [0.5, 0.6) is 0 Å². The van der Waals surface area contributed by atoms with Crippen molar-refractivity contribution in [2.75, 3.05) is 0 Å². The van der Waals surface area contributed by atoms with Crippen molar-refractivity contribution in [1.29, 1.82) is 0 Å². The van der Waals surface area contributed by atoms with E-state index in [1.165, 1.54) is 27.6 Å². The van der Waals surface area contributed by atoms with Gasteiger partial charge in [0.05, 0.1) is 0 Å². The van der Waals surface area contributed by atoms with E-state index in [1.54, 1.807) is 5.69 Å². The van der Waals surface area contributed by atoms with E-state index in [1.807, 2.05) is 0 Å². The van der Waals surface area contributed by atoms with Gasteiger partial charge in [-0.2, -0.15) is 0 Å². The molecule has 0 atom stereocenters. The fourth-order valence-electron chi connectivity index (χ4n) is 3.48. The first-order chi connectivity index (χ1) is 9.27. The first-order valence-electron chi connectivity index (χ1n) is 6.97. The Morgan fingerprint density at radius 1 is 0.947 bits per heavy atom. The van der Waals surface area contributed by atoms with Crippen molar-refractivity contribution < 1.29 is 0 Å². The topological polar surface area (TPSA) is 4.93 Å². The van der Waals surface area contributed by atoms with Gasteiger partial charge in [0, 0.05) is 28.6 Å². The molecule has 0 amide bonds. The van der Waals surface area contributed by atoms with Crippen molar-refractivity contribution in [3.05, 3.63) is 59.8 Å². The summed E-state index contributed by atoms with van der Waals surface area (Å²) in [6, 6.07) is 17.8. The fourth-order valence-corrected chi connectivity index (χ4v) is 5.10. The zero-order valence-corrected chi connectivity index (χ0v) is 12.5. The molecular formula is C17H17NSi. The van der Waals surface area contributed by atoms with Crippen molar-refractivity contribution in [1.82, 2.24) is 4.23 Å². The van der Waals surface area contributed by atoms with Gasteiger partial charge in [-0.15, -0.1) is 0 Å². The van der Waals surface area contributed by atoms with Crippen LogP contribution in [0.1, 0.15) is 11.3 Å². The first kappa shape index (κ1) is 11.1. The summed E-state index contributed by atoms with van der Waals surface area (Å²) in [5.41, 5.74) is 7.41. The smallest absolute Gasteiger partial charge is 0.140 e. The van der Waals surface area contributed by atoms with Crippen LogP contribution in [0.25, 0.3) is 22.0 Å². The number of hydrogen-bond acceptors (Lipinski definition) is 0. The molecule has 0 aliphatic heterocycles. The van der Waals surface area contributed by atoms with E-state index >= 15 is 0 Å². The number of hydrogen-bond donors (Lipinski definition) is 0. The van der Waals surface area contributed by atoms with Gasteiger partial charge >= 0.3 is 0 Å². The highest BCUT2D eigenvalue weighted by Crippen LogP contribution is 2.43. The third-order valence-electron chi connectivity index (χ3n) is 4.17. The molecule has 0 saturated heterocycles. The molecule has 0 spiro atoms. The molecule has 19 heavy (non-hydrogen) atoms. The molecule has 2 aromatic carbocycles. The maximum atomic E-state index is 2.64. The molecule has 94 valence electrons. The van der Waals surface area contributed by atoms with E-state index in [2.05, 4.69) is 65.9 Å². The number of fused-ring (bicyclic) bond motifs is 5. The number of aromatic nitrogens is 1. The highest BCUT2D eigenvalue weighted by atomic mass is 28.3. The molecule has 0 unspecified atom stereocenters. The molecule has 0 bridgehead atoms. The molecule has 0 radical (unpaired) electrons. The quantitative estimate of drug-likeness (QED) is 0.457. The van der Waals surface area contributed by atoms with E-state index in [-0.39, 0.29) is 0 Å². The average molecular weight is 263 g/mol. The SMILES string of the molecule is C[SiH](C)n1c2c(c3ccccc31)-c1ccccc1C2. The predicted octanol–water partition coefficient (Wildman–Crippen LogP) is 4.04. The van der Waals surface area contributed by atoms with Crippen LogP contribution in [0, 0.1) is 0 Å². The lowest BCUT2D eigenvalue weighted by Gasteiger charge is -2.12. The van der Waals surface area contributed by atoms with Crippen molar-refractivity contribution in [2.24, 2.45) is 0 Å². The van der Waals surface area contributed by atoms with Gasteiger partial charge in [-0.1, -0.05) is 55.6 Å². The van der Waals surface area contributed by atoms with Crippen LogP contribution in [-0.2, 0) is 6.42 Å². The molecule has 1 aliphatic rings. The summed E-state index contributed by atoms with van der Waals surface area (Å²) < 4.78 is 2.64. The van der Waals surface area contributed by atoms with Crippen LogP contribution in [0.15, 0.2) is 48.5 Å². The van der Waals surface area contributed by atoms with Gasteiger partial charge in [-0.3, -0.25) is 0 Å². The summed E-state index contributed by atoms with van der Waals surface area (Å²) in [6.07, 6.45) is 1.10. The van der Waals surface area contributed by atoms with Crippen LogP contribution < -0.4 is 0 Å². The van der Waals surface area contributed by atoms with Gasteiger partial charge in [0.25, 0.3) is 0 Å². The summed E-state index contributed by atoms with van der Waals surface area (Å²) in [5.74, 6) is 0. The second-order valence-electron chi connectivity index (χ2n) is 5.64. The van der Waals surface area contributed by atoms with Gasteiger partial charge in [0.2, 0.25) is 0 Å². The summed E-state index contributed by atoms with van der Waals surface area (Å²) in [6.45, 7) is 4.82. The Bertz CT molecular complexity index is 783. The van der Waals surface area contributed by atoms with Crippen molar-refractivity contribution in [2.45, 2.75) is 19.5 Å². The Kier molecular flexibility index (Phi) is 2.24. The zero-order valence-electron chi connectivity index (χ0n) is 11.4. The van der Waals surface area contributed by atoms with Crippen LogP contribution in [0.2, 0.25) is 13.1 Å². The summed E-state index contributed by atoms with van der Waals surface area (Å²) in [5, 5.41) is 1.43. The Hall–Kier alpha value is -1.80. The lowest BCUT2D eigenvalue weighted by Crippen LogP contribution is -2.17. The molecule has 3 aromatic rings. The Morgan fingerprint density at radius 2 is 1.68 bits per heavy atom. The Morgan fingerprint density at radius 3 is 2.53 bits per heavy atom. The van der Waals surface area contributed by atoms with Crippen molar-refractivity contribution in [3.8, 4) is 11.1 Å². The van der Waals surface area contributed by atoms with Crippen molar-refractivity contribution in [3.63, 3.8) is 0 Å². The van der Waals surface area contributed by atoms with Crippen LogP contribution in [0.4, 0.5) is 0 Å². The minimum Gasteiger partial charge on any atom is -0.374 e. The second-order valence-corrected chi connectivity index (χ2v) is 8.34. The lowest BCUT2D eigenvalue weighted by molar-refractivity contribution is 1.08. The monoisotopic (exact) mass is 263 g/mol. The minimum atomic E-state index is -0.890. The fraction of sp³-hybridized carbons (Fsp3) is 0.176. The number of para-hydroxylation sites is 1. The molecule has 1 nitrogen and oxygen atoms in total. The van der Waals surface area contributed by atoms with Crippen molar-refractivity contribution >= 4 is 19.9 Å². The maximum Gasteiger partial charge on any atom is 0.140 e. The van der Waals surface area contributed by atoms with Gasteiger partial charge in [-0.05, 0) is 17.2 Å². The molecule has 4 rings (SSSR count). The molecule has 2 heteroatoms. The van der Waals surface area contributed by atoms with E-state index < -0.39 is 8.96 Å². The highest BCUT2D eigenvalue weighted by Gasteiger charge is 2.26. The van der Waals surface area contributed by atoms with Crippen LogP contribution in [-0.4, -0.2) is 13.2 Å². The molecule has 0 saturated carbocycles. The molecular weight excluding hydrogens is 246 g/mol. The standard InChI is InChI=1S/C17H17NSi/c1-19(2)18-15-10-6-5-9-14(15)17-13-8-4-3-7-12(13)11-16(17)18/h3-10,19H,11H2,1-2H3. The zero-order chi connectivity index (χ0) is 13.0. The number of benzene rings is 2. The first-order valence-corrected chi connectivity index (χ1v) is 9.80. The highest BCUT2D eigenvalue weighted by molar-refractivity contribution is 6.55. The average Bonchev–Trinajstić information content (AvgIpc) is 2.91. The van der Waals surface area contributed by atoms with E-state index in [0.29, 0.717) is 0 Å². The Labute approximate surface area is 115 Å². The molecule has 1 aliphatic carbocycles. The largest absolute Gasteiger partial charge is 0.374 e. The molecule has 0 N–H and O–H groups in total. The van der Waals surface area contributed by atoms with E-state index in [9.17, 15) is 0 Å². The molecule has 1 aromatic heterocycles. The van der Waals surface area contributed by atoms with Gasteiger partial charge < -0.3 is 4.23 Å². The van der Waals surface area contributed by atoms with E-state index in [0.717, 1.165) is 6.42 Å². The Balaban J connectivity index is 2.15. The predicted molar refractivity (Wildman–Crippen MR) is 84.5 cm³/mol. The summed E-state index contributed by atoms with van der Waals surface area (Å²) in [7, 11) is -0.890. The second kappa shape index (κ2) is 3.84. The normalized spacial score (nSPS) is 13.0. The number of rotatable bonds is 1. The lowest BCUT2D eigenvalue weighted by atomic mass is 10.0. The summed E-state index contributed by atoms with van der Waals surface area (Å²) >= 11 is 0. The van der Waals surface area contributed by atoms with Crippen LogP contribution >= 0.6 is 0 Å². The number of nitrogens with zero attached hydrogens (tertiary/aromatic N) is 1. The minimum absolute atomic E-state index is 0.890. The maximum absolute atomic E-state index is 2.64. The summed E-state index contributed by atoms with van der Waals surface area (Å²) in [4.78, 5) is 0. The molecule has 1 heterocycles.